The van der Waals surface area contributed by atoms with Gasteiger partial charge in [0.2, 0.25) is 10.0 Å². The second-order valence-electron chi connectivity index (χ2n) is 5.33. The number of amides is 1. The van der Waals surface area contributed by atoms with Crippen LogP contribution in [0.4, 0.5) is 14.5 Å². The number of nitrogens with zero attached hydrogens (tertiary/aromatic N) is 1. The Kier molecular flexibility index (Phi) is 4.66. The summed E-state index contributed by atoms with van der Waals surface area (Å²) in [5.74, 6) is -2.28. The van der Waals surface area contributed by atoms with Gasteiger partial charge in [-0.3, -0.25) is 9.78 Å². The topological polar surface area (TPSA) is 88.2 Å². The normalized spacial score (nSPS) is 11.5. The summed E-state index contributed by atoms with van der Waals surface area (Å²) in [7, 11) is -2.45. The number of carbonyl (C=O) groups excluding carboxylic acids is 1. The minimum Gasteiger partial charge on any atom is -0.321 e. The predicted octanol–water partition coefficient (Wildman–Crippen LogP) is 2.67. The first-order valence-corrected chi connectivity index (χ1v) is 8.89. The smallest absolute Gasteiger partial charge is 0.255 e. The molecule has 0 atom stereocenters. The van der Waals surface area contributed by atoms with Gasteiger partial charge in [-0.1, -0.05) is 6.07 Å². The van der Waals surface area contributed by atoms with E-state index in [2.05, 4.69) is 15.0 Å². The molecule has 2 N–H and O–H groups in total. The fourth-order valence-corrected chi connectivity index (χ4v) is 3.18. The van der Waals surface area contributed by atoms with E-state index in [9.17, 15) is 22.0 Å². The van der Waals surface area contributed by atoms with Crippen molar-refractivity contribution in [2.45, 2.75) is 4.90 Å². The van der Waals surface area contributed by atoms with E-state index in [-0.39, 0.29) is 27.0 Å². The molecule has 0 aliphatic rings. The molecule has 134 valence electrons. The first-order chi connectivity index (χ1) is 12.3. The predicted molar refractivity (Wildman–Crippen MR) is 92.3 cm³/mol. The monoisotopic (exact) mass is 377 g/mol. The van der Waals surface area contributed by atoms with Crippen molar-refractivity contribution in [2.75, 3.05) is 12.4 Å². The molecule has 0 aliphatic carbocycles. The Morgan fingerprint density at radius 1 is 1.12 bits per heavy atom. The summed E-state index contributed by atoms with van der Waals surface area (Å²) >= 11 is 0. The van der Waals surface area contributed by atoms with Gasteiger partial charge in [0.1, 0.15) is 11.3 Å². The van der Waals surface area contributed by atoms with E-state index in [1.807, 2.05) is 0 Å². The summed E-state index contributed by atoms with van der Waals surface area (Å²) in [5.41, 5.74) is 0.138. The summed E-state index contributed by atoms with van der Waals surface area (Å²) in [6.45, 7) is 0. The summed E-state index contributed by atoms with van der Waals surface area (Å²) in [5, 5.41) is 2.62. The summed E-state index contributed by atoms with van der Waals surface area (Å²) in [6.07, 6.45) is 1.28. The number of halogens is 2. The molecule has 0 spiro atoms. The van der Waals surface area contributed by atoms with E-state index < -0.39 is 27.6 Å². The number of pyridine rings is 1. The molecule has 3 rings (SSSR count). The van der Waals surface area contributed by atoms with Crippen LogP contribution in [0.25, 0.3) is 10.9 Å². The van der Waals surface area contributed by atoms with Crippen molar-refractivity contribution in [3.05, 3.63) is 65.9 Å². The molecule has 26 heavy (non-hydrogen) atoms. The van der Waals surface area contributed by atoms with Crippen molar-refractivity contribution in [1.82, 2.24) is 9.71 Å². The van der Waals surface area contributed by atoms with E-state index >= 15 is 0 Å². The Morgan fingerprint density at radius 2 is 1.88 bits per heavy atom. The van der Waals surface area contributed by atoms with Gasteiger partial charge in [-0.2, -0.15) is 0 Å². The third kappa shape index (κ3) is 3.39. The molecule has 0 saturated carbocycles. The van der Waals surface area contributed by atoms with Gasteiger partial charge in [0.15, 0.2) is 5.82 Å². The van der Waals surface area contributed by atoms with E-state index in [4.69, 9.17) is 0 Å². The van der Waals surface area contributed by atoms with Crippen LogP contribution in [0.3, 0.4) is 0 Å². The highest BCUT2D eigenvalue weighted by Crippen LogP contribution is 2.25. The van der Waals surface area contributed by atoms with Crippen molar-refractivity contribution >= 4 is 32.5 Å². The maximum atomic E-state index is 13.8. The zero-order valence-electron chi connectivity index (χ0n) is 13.5. The highest BCUT2D eigenvalue weighted by atomic mass is 32.2. The lowest BCUT2D eigenvalue weighted by Gasteiger charge is -2.10. The zero-order chi connectivity index (χ0) is 18.9. The van der Waals surface area contributed by atoms with Crippen molar-refractivity contribution in [1.29, 1.82) is 0 Å². The van der Waals surface area contributed by atoms with Crippen LogP contribution >= 0.6 is 0 Å². The summed E-state index contributed by atoms with van der Waals surface area (Å²) < 4.78 is 53.2. The third-order valence-corrected chi connectivity index (χ3v) is 5.10. The highest BCUT2D eigenvalue weighted by molar-refractivity contribution is 7.89. The van der Waals surface area contributed by atoms with Gasteiger partial charge in [0, 0.05) is 23.2 Å². The van der Waals surface area contributed by atoms with Gasteiger partial charge in [-0.25, -0.2) is 21.9 Å². The Labute approximate surface area is 147 Å². The van der Waals surface area contributed by atoms with Gasteiger partial charge in [0.05, 0.1) is 10.6 Å². The number of hydrogen-bond acceptors (Lipinski definition) is 4. The molecule has 0 radical (unpaired) electrons. The summed E-state index contributed by atoms with van der Waals surface area (Å²) in [4.78, 5) is 16.2. The van der Waals surface area contributed by atoms with Gasteiger partial charge in [0.25, 0.3) is 5.91 Å². The maximum absolute atomic E-state index is 13.8. The molecule has 0 aliphatic heterocycles. The van der Waals surface area contributed by atoms with Crippen LogP contribution in [-0.4, -0.2) is 26.4 Å². The second kappa shape index (κ2) is 6.77. The molecule has 0 bridgehead atoms. The number of rotatable bonds is 4. The minimum atomic E-state index is -3.71. The lowest BCUT2D eigenvalue weighted by molar-refractivity contribution is 0.102. The lowest BCUT2D eigenvalue weighted by Crippen LogP contribution is -2.19. The Morgan fingerprint density at radius 3 is 2.62 bits per heavy atom. The molecule has 2 aromatic carbocycles. The van der Waals surface area contributed by atoms with Gasteiger partial charge < -0.3 is 5.32 Å². The van der Waals surface area contributed by atoms with Crippen LogP contribution in [0.5, 0.6) is 0 Å². The van der Waals surface area contributed by atoms with E-state index in [0.717, 1.165) is 6.07 Å². The second-order valence-corrected chi connectivity index (χ2v) is 7.22. The first-order valence-electron chi connectivity index (χ1n) is 7.40. The fraction of sp³-hybridized carbons (Fsp3) is 0.0588. The van der Waals surface area contributed by atoms with Crippen molar-refractivity contribution < 1.29 is 22.0 Å². The molecule has 1 amide bonds. The van der Waals surface area contributed by atoms with E-state index in [0.29, 0.717) is 6.07 Å². The highest BCUT2D eigenvalue weighted by Gasteiger charge is 2.16. The SMILES string of the molecule is CNS(=O)(=O)c1cccc(C(=O)Nc2ccnc3c(F)cc(F)cc23)c1. The van der Waals surface area contributed by atoms with Crippen molar-refractivity contribution in [3.63, 3.8) is 0 Å². The molecule has 0 unspecified atom stereocenters. The van der Waals surface area contributed by atoms with Crippen LogP contribution in [0.2, 0.25) is 0 Å². The third-order valence-electron chi connectivity index (χ3n) is 3.69. The Balaban J connectivity index is 1.99. The number of aromatic nitrogens is 1. The summed E-state index contributed by atoms with van der Waals surface area (Å²) in [6, 6.07) is 8.54. The van der Waals surface area contributed by atoms with Crippen LogP contribution in [-0.2, 0) is 10.0 Å². The van der Waals surface area contributed by atoms with Crippen LogP contribution in [0, 0.1) is 11.6 Å². The van der Waals surface area contributed by atoms with Crippen molar-refractivity contribution in [3.8, 4) is 0 Å². The number of fused-ring (bicyclic) bond motifs is 1. The molecule has 1 heterocycles. The number of carbonyl (C=O) groups is 1. The standard InChI is InChI=1S/C17H13F2N3O3S/c1-20-26(24,25)12-4-2-3-10(7-12)17(23)22-15-5-6-21-16-13(15)8-11(18)9-14(16)19/h2-9,20H,1H3,(H,21,22,23). The van der Waals surface area contributed by atoms with Crippen LogP contribution < -0.4 is 10.0 Å². The quantitative estimate of drug-likeness (QED) is 0.732. The van der Waals surface area contributed by atoms with Gasteiger partial charge in [-0.05, 0) is 37.4 Å². The lowest BCUT2D eigenvalue weighted by atomic mass is 10.1. The molecule has 1 aromatic heterocycles. The molecule has 0 fully saturated rings. The fourth-order valence-electron chi connectivity index (χ4n) is 2.40. The molecule has 0 saturated heterocycles. The number of anilines is 1. The van der Waals surface area contributed by atoms with E-state index in [1.54, 1.807) is 0 Å². The Bertz CT molecular complexity index is 1120. The maximum Gasteiger partial charge on any atom is 0.255 e. The average Bonchev–Trinajstić information content (AvgIpc) is 2.62. The van der Waals surface area contributed by atoms with Crippen LogP contribution in [0.1, 0.15) is 10.4 Å². The van der Waals surface area contributed by atoms with Gasteiger partial charge in [-0.15, -0.1) is 0 Å². The number of hydrogen-bond donors (Lipinski definition) is 2. The average molecular weight is 377 g/mol. The molecule has 6 nitrogen and oxygen atoms in total. The Hall–Kier alpha value is -2.91. The zero-order valence-corrected chi connectivity index (χ0v) is 14.3. The minimum absolute atomic E-state index is 0.0724. The molecular weight excluding hydrogens is 364 g/mol. The van der Waals surface area contributed by atoms with Gasteiger partial charge >= 0.3 is 0 Å². The number of benzene rings is 2. The molecular formula is C17H13F2N3O3S. The first kappa shape index (κ1) is 17.9. The molecule has 9 heteroatoms. The van der Waals surface area contributed by atoms with E-state index in [1.165, 1.54) is 43.6 Å². The number of nitrogens with one attached hydrogen (secondary N) is 2. The largest absolute Gasteiger partial charge is 0.321 e. The molecule has 3 aromatic rings. The van der Waals surface area contributed by atoms with Crippen LogP contribution in [0.15, 0.2) is 53.6 Å². The van der Waals surface area contributed by atoms with Crippen molar-refractivity contribution in [2.24, 2.45) is 0 Å². The number of sulfonamides is 1.